The Morgan fingerprint density at radius 3 is 2.38 bits per heavy atom. The molecule has 2 rings (SSSR count). The zero-order valence-corrected chi connectivity index (χ0v) is 9.44. The third kappa shape index (κ3) is 1.67. The molecule has 0 spiro atoms. The molecule has 1 aromatic heterocycles. The molecule has 0 saturated heterocycles. The summed E-state index contributed by atoms with van der Waals surface area (Å²) in [7, 11) is 0. The van der Waals surface area contributed by atoms with Gasteiger partial charge in [-0.25, -0.2) is 4.68 Å². The summed E-state index contributed by atoms with van der Waals surface area (Å²) in [6, 6.07) is 6.95. The van der Waals surface area contributed by atoms with E-state index in [1.165, 1.54) is 0 Å². The van der Waals surface area contributed by atoms with Crippen molar-refractivity contribution in [3.63, 3.8) is 0 Å². The molecular formula is C12H15N3O. The number of nitrogens with two attached hydrogens (primary N) is 1. The van der Waals surface area contributed by atoms with Crippen molar-refractivity contribution in [2.75, 3.05) is 0 Å². The maximum Gasteiger partial charge on any atom is 0.115 e. The van der Waals surface area contributed by atoms with E-state index in [1.807, 2.05) is 30.7 Å². The van der Waals surface area contributed by atoms with Gasteiger partial charge in [0, 0.05) is 17.8 Å². The summed E-state index contributed by atoms with van der Waals surface area (Å²) in [6.45, 7) is 4.44. The Bertz CT molecular complexity index is 500. The lowest BCUT2D eigenvalue weighted by Crippen LogP contribution is -2.01. The van der Waals surface area contributed by atoms with E-state index in [0.717, 1.165) is 22.6 Å². The first kappa shape index (κ1) is 10.7. The molecule has 0 amide bonds. The molecule has 84 valence electrons. The largest absolute Gasteiger partial charge is 0.508 e. The number of aromatic hydroxyl groups is 1. The average molecular weight is 217 g/mol. The van der Waals surface area contributed by atoms with E-state index in [4.69, 9.17) is 5.73 Å². The van der Waals surface area contributed by atoms with Crippen molar-refractivity contribution in [3.05, 3.63) is 41.2 Å². The van der Waals surface area contributed by atoms with Crippen molar-refractivity contribution in [2.24, 2.45) is 5.73 Å². The molecule has 4 heteroatoms. The lowest BCUT2D eigenvalue weighted by Gasteiger charge is -2.04. The van der Waals surface area contributed by atoms with Gasteiger partial charge in [-0.05, 0) is 38.1 Å². The molecule has 0 atom stereocenters. The predicted molar refractivity (Wildman–Crippen MR) is 62.6 cm³/mol. The summed E-state index contributed by atoms with van der Waals surface area (Å²) in [5.41, 5.74) is 9.68. The maximum atomic E-state index is 9.23. The van der Waals surface area contributed by atoms with Crippen LogP contribution in [-0.4, -0.2) is 14.9 Å². The Hall–Kier alpha value is -1.81. The van der Waals surface area contributed by atoms with Crippen LogP contribution < -0.4 is 5.73 Å². The van der Waals surface area contributed by atoms with Crippen molar-refractivity contribution in [1.29, 1.82) is 0 Å². The smallest absolute Gasteiger partial charge is 0.115 e. The zero-order valence-electron chi connectivity index (χ0n) is 9.44. The van der Waals surface area contributed by atoms with Gasteiger partial charge in [-0.2, -0.15) is 5.10 Å². The van der Waals surface area contributed by atoms with Gasteiger partial charge in [0.2, 0.25) is 0 Å². The molecule has 16 heavy (non-hydrogen) atoms. The second-order valence-electron chi connectivity index (χ2n) is 3.78. The summed E-state index contributed by atoms with van der Waals surface area (Å²) >= 11 is 0. The Morgan fingerprint density at radius 2 is 1.88 bits per heavy atom. The van der Waals surface area contributed by atoms with E-state index in [9.17, 15) is 5.11 Å². The molecule has 0 radical (unpaired) electrons. The molecule has 2 aromatic rings. The fourth-order valence-electron chi connectivity index (χ4n) is 1.82. The lowest BCUT2D eigenvalue weighted by atomic mass is 10.2. The molecule has 4 nitrogen and oxygen atoms in total. The SMILES string of the molecule is Cc1nn(-c2ccc(O)cc2)c(C)c1CN. The molecule has 0 saturated carbocycles. The lowest BCUT2D eigenvalue weighted by molar-refractivity contribution is 0.475. The van der Waals surface area contributed by atoms with E-state index in [0.29, 0.717) is 6.54 Å². The number of phenols is 1. The highest BCUT2D eigenvalue weighted by Crippen LogP contribution is 2.19. The number of phenolic OH excluding ortho intramolecular Hbond substituents is 1. The maximum absolute atomic E-state index is 9.23. The van der Waals surface area contributed by atoms with Crippen LogP contribution >= 0.6 is 0 Å². The molecular weight excluding hydrogens is 202 g/mol. The molecule has 0 aliphatic rings. The molecule has 0 aliphatic carbocycles. The van der Waals surface area contributed by atoms with Gasteiger partial charge in [-0.3, -0.25) is 0 Å². The number of aryl methyl sites for hydroxylation is 1. The highest BCUT2D eigenvalue weighted by atomic mass is 16.3. The molecule has 0 fully saturated rings. The molecule has 3 N–H and O–H groups in total. The Balaban J connectivity index is 2.52. The van der Waals surface area contributed by atoms with Crippen LogP contribution in [0.25, 0.3) is 5.69 Å². The van der Waals surface area contributed by atoms with Crippen molar-refractivity contribution in [2.45, 2.75) is 20.4 Å². The van der Waals surface area contributed by atoms with E-state index >= 15 is 0 Å². The second kappa shape index (κ2) is 3.98. The van der Waals surface area contributed by atoms with Crippen LogP contribution in [0.3, 0.4) is 0 Å². The van der Waals surface area contributed by atoms with Crippen LogP contribution in [0.2, 0.25) is 0 Å². The normalized spacial score (nSPS) is 10.7. The van der Waals surface area contributed by atoms with Gasteiger partial charge in [0.05, 0.1) is 11.4 Å². The summed E-state index contributed by atoms with van der Waals surface area (Å²) in [5.74, 6) is 0.254. The predicted octanol–water partition coefficient (Wildman–Crippen LogP) is 1.65. The van der Waals surface area contributed by atoms with E-state index in [2.05, 4.69) is 5.10 Å². The molecule has 0 unspecified atom stereocenters. The number of hydrogen-bond acceptors (Lipinski definition) is 3. The highest BCUT2D eigenvalue weighted by molar-refractivity contribution is 5.39. The van der Waals surface area contributed by atoms with Crippen LogP contribution in [-0.2, 0) is 6.54 Å². The van der Waals surface area contributed by atoms with Crippen molar-refractivity contribution in [1.82, 2.24) is 9.78 Å². The van der Waals surface area contributed by atoms with E-state index < -0.39 is 0 Å². The van der Waals surface area contributed by atoms with Crippen molar-refractivity contribution in [3.8, 4) is 11.4 Å². The fraction of sp³-hybridized carbons (Fsp3) is 0.250. The quantitative estimate of drug-likeness (QED) is 0.804. The number of hydrogen-bond donors (Lipinski definition) is 2. The molecule has 0 bridgehead atoms. The van der Waals surface area contributed by atoms with Crippen molar-refractivity contribution >= 4 is 0 Å². The van der Waals surface area contributed by atoms with Crippen LogP contribution in [0.4, 0.5) is 0 Å². The number of benzene rings is 1. The third-order valence-corrected chi connectivity index (χ3v) is 2.74. The molecule has 1 aromatic carbocycles. The van der Waals surface area contributed by atoms with E-state index in [-0.39, 0.29) is 5.75 Å². The topological polar surface area (TPSA) is 64.1 Å². The summed E-state index contributed by atoms with van der Waals surface area (Å²) in [4.78, 5) is 0. The van der Waals surface area contributed by atoms with Crippen molar-refractivity contribution < 1.29 is 5.11 Å². The fourth-order valence-corrected chi connectivity index (χ4v) is 1.82. The van der Waals surface area contributed by atoms with Gasteiger partial charge in [-0.15, -0.1) is 0 Å². The van der Waals surface area contributed by atoms with Gasteiger partial charge in [0.1, 0.15) is 5.75 Å². The highest BCUT2D eigenvalue weighted by Gasteiger charge is 2.10. The van der Waals surface area contributed by atoms with Crippen LogP contribution in [0, 0.1) is 13.8 Å². The molecule has 0 aliphatic heterocycles. The van der Waals surface area contributed by atoms with Crippen LogP contribution in [0.1, 0.15) is 17.0 Å². The minimum Gasteiger partial charge on any atom is -0.508 e. The Kier molecular flexibility index (Phi) is 2.66. The van der Waals surface area contributed by atoms with Crippen LogP contribution in [0.5, 0.6) is 5.75 Å². The molecule has 1 heterocycles. The van der Waals surface area contributed by atoms with Gasteiger partial charge in [-0.1, -0.05) is 0 Å². The van der Waals surface area contributed by atoms with Gasteiger partial charge in [0.15, 0.2) is 0 Å². The van der Waals surface area contributed by atoms with Crippen LogP contribution in [0.15, 0.2) is 24.3 Å². The summed E-state index contributed by atoms with van der Waals surface area (Å²) < 4.78 is 1.84. The number of aromatic nitrogens is 2. The number of nitrogens with zero attached hydrogens (tertiary/aromatic N) is 2. The Morgan fingerprint density at radius 1 is 1.25 bits per heavy atom. The number of rotatable bonds is 2. The summed E-state index contributed by atoms with van der Waals surface area (Å²) in [6.07, 6.45) is 0. The Labute approximate surface area is 94.3 Å². The minimum atomic E-state index is 0.254. The second-order valence-corrected chi connectivity index (χ2v) is 3.78. The third-order valence-electron chi connectivity index (χ3n) is 2.74. The monoisotopic (exact) mass is 217 g/mol. The first-order valence-electron chi connectivity index (χ1n) is 5.18. The first-order valence-corrected chi connectivity index (χ1v) is 5.18. The van der Waals surface area contributed by atoms with Gasteiger partial charge in [0.25, 0.3) is 0 Å². The minimum absolute atomic E-state index is 0.254. The summed E-state index contributed by atoms with van der Waals surface area (Å²) in [5, 5.41) is 13.7. The van der Waals surface area contributed by atoms with Gasteiger partial charge < -0.3 is 10.8 Å². The standard InChI is InChI=1S/C12H15N3O/c1-8-12(7-13)9(2)15(14-8)10-3-5-11(16)6-4-10/h3-6,16H,7,13H2,1-2H3. The van der Waals surface area contributed by atoms with Gasteiger partial charge >= 0.3 is 0 Å². The first-order chi connectivity index (χ1) is 7.63. The zero-order chi connectivity index (χ0) is 11.7. The average Bonchev–Trinajstić information content (AvgIpc) is 2.55. The van der Waals surface area contributed by atoms with E-state index in [1.54, 1.807) is 12.1 Å².